The van der Waals surface area contributed by atoms with E-state index in [-0.39, 0.29) is 37.8 Å². The molecule has 4 amide bonds. The van der Waals surface area contributed by atoms with Crippen LogP contribution in [0.1, 0.15) is 52.4 Å². The Morgan fingerprint density at radius 3 is 2.34 bits per heavy atom. The molecule has 0 aliphatic carbocycles. The van der Waals surface area contributed by atoms with Crippen molar-refractivity contribution in [1.82, 2.24) is 15.5 Å². The van der Waals surface area contributed by atoms with Crippen molar-refractivity contribution in [3.63, 3.8) is 0 Å². The molecule has 0 radical (unpaired) electrons. The van der Waals surface area contributed by atoms with E-state index in [0.29, 0.717) is 25.7 Å². The summed E-state index contributed by atoms with van der Waals surface area (Å²) in [5, 5.41) is 14.6. The Bertz CT molecular complexity index is 816. The molecule has 198 valence electrons. The number of nitrogens with one attached hydrogen (secondary N) is 2. The van der Waals surface area contributed by atoms with Crippen LogP contribution in [0.4, 0.5) is 0 Å². The summed E-state index contributed by atoms with van der Waals surface area (Å²) >= 11 is 0. The Kier molecular flexibility index (Phi) is 11.9. The first-order valence-corrected chi connectivity index (χ1v) is 11.6. The van der Waals surface area contributed by atoms with Gasteiger partial charge in [-0.3, -0.25) is 24.2 Å². The van der Waals surface area contributed by atoms with E-state index in [1.165, 1.54) is 4.90 Å². The zero-order valence-electron chi connectivity index (χ0n) is 20.2. The summed E-state index contributed by atoms with van der Waals surface area (Å²) in [6, 6.07) is -4.25. The lowest BCUT2D eigenvalue weighted by molar-refractivity contribution is -0.143. The molecule has 0 aromatic carbocycles. The van der Waals surface area contributed by atoms with Crippen LogP contribution in [0.2, 0.25) is 0 Å². The predicted octanol–water partition coefficient (Wildman–Crippen LogP) is -2.67. The molecule has 1 fully saturated rings. The van der Waals surface area contributed by atoms with Gasteiger partial charge in [0.2, 0.25) is 23.6 Å². The predicted molar refractivity (Wildman–Crippen MR) is 127 cm³/mol. The minimum atomic E-state index is -1.23. The number of rotatable bonds is 14. The number of likely N-dealkylation sites (tertiary alicyclic amines) is 1. The van der Waals surface area contributed by atoms with Crippen molar-refractivity contribution in [1.29, 1.82) is 0 Å². The Balaban J connectivity index is 2.90. The maximum atomic E-state index is 13.1. The summed E-state index contributed by atoms with van der Waals surface area (Å²) in [6.45, 7) is 4.06. The Morgan fingerprint density at radius 2 is 1.80 bits per heavy atom. The van der Waals surface area contributed by atoms with E-state index < -0.39 is 53.8 Å². The molecule has 1 aliphatic heterocycles. The lowest BCUT2D eigenvalue weighted by atomic mass is 9.97. The SMILES string of the molecule is CCC(C)C(NC(=O)C1CCCN1C(=O)C(N)CC(N)=O)C(=O)NC(CCCN=C(N)N)C(=O)O. The van der Waals surface area contributed by atoms with Gasteiger partial charge in [-0.25, -0.2) is 4.79 Å². The molecule has 5 unspecified atom stereocenters. The Hall–Kier alpha value is -3.42. The molecular weight excluding hydrogens is 460 g/mol. The number of hydrogen-bond donors (Lipinski definition) is 7. The van der Waals surface area contributed by atoms with Gasteiger partial charge in [0.25, 0.3) is 0 Å². The van der Waals surface area contributed by atoms with E-state index in [2.05, 4.69) is 15.6 Å². The van der Waals surface area contributed by atoms with E-state index in [4.69, 9.17) is 22.9 Å². The monoisotopic (exact) mass is 498 g/mol. The molecule has 1 rings (SSSR count). The largest absolute Gasteiger partial charge is 0.480 e. The Labute approximate surface area is 204 Å². The zero-order valence-corrected chi connectivity index (χ0v) is 20.2. The number of carboxylic acids is 1. The van der Waals surface area contributed by atoms with Crippen molar-refractivity contribution in [2.75, 3.05) is 13.1 Å². The van der Waals surface area contributed by atoms with Crippen molar-refractivity contribution in [3.05, 3.63) is 0 Å². The quantitative estimate of drug-likeness (QED) is 0.0748. The third-order valence-electron chi connectivity index (χ3n) is 5.93. The van der Waals surface area contributed by atoms with Gasteiger partial charge in [-0.1, -0.05) is 20.3 Å². The lowest BCUT2D eigenvalue weighted by Gasteiger charge is -2.30. The molecule has 5 atom stereocenters. The second kappa shape index (κ2) is 14.1. The maximum absolute atomic E-state index is 13.1. The number of primary amides is 1. The van der Waals surface area contributed by atoms with Crippen LogP contribution in [0.15, 0.2) is 4.99 Å². The summed E-state index contributed by atoms with van der Waals surface area (Å²) < 4.78 is 0. The summed E-state index contributed by atoms with van der Waals surface area (Å²) in [4.78, 5) is 66.5. The van der Waals surface area contributed by atoms with Crippen LogP contribution in [-0.2, 0) is 24.0 Å². The molecule has 0 saturated carbocycles. The molecule has 14 nitrogen and oxygen atoms in total. The molecule has 0 aromatic rings. The highest BCUT2D eigenvalue weighted by Crippen LogP contribution is 2.20. The van der Waals surface area contributed by atoms with Gasteiger partial charge < -0.3 is 43.6 Å². The summed E-state index contributed by atoms with van der Waals surface area (Å²) in [7, 11) is 0. The molecule has 11 N–H and O–H groups in total. The maximum Gasteiger partial charge on any atom is 0.326 e. The first kappa shape index (κ1) is 29.6. The average molecular weight is 499 g/mol. The molecular formula is C21H38N8O6. The van der Waals surface area contributed by atoms with Crippen LogP contribution in [0.5, 0.6) is 0 Å². The fourth-order valence-electron chi connectivity index (χ4n) is 3.79. The van der Waals surface area contributed by atoms with E-state index in [1.54, 1.807) is 6.92 Å². The zero-order chi connectivity index (χ0) is 26.7. The average Bonchev–Trinajstić information content (AvgIpc) is 3.27. The third-order valence-corrected chi connectivity index (χ3v) is 5.93. The Morgan fingerprint density at radius 1 is 1.14 bits per heavy atom. The summed E-state index contributed by atoms with van der Waals surface area (Å²) in [5.41, 5.74) is 21.4. The highest BCUT2D eigenvalue weighted by atomic mass is 16.4. The van der Waals surface area contributed by atoms with Gasteiger partial charge >= 0.3 is 5.97 Å². The minimum Gasteiger partial charge on any atom is -0.480 e. The molecule has 1 heterocycles. The molecule has 0 aromatic heterocycles. The number of carbonyl (C=O) groups is 5. The van der Waals surface area contributed by atoms with E-state index in [9.17, 15) is 29.1 Å². The van der Waals surface area contributed by atoms with Crippen molar-refractivity contribution >= 4 is 35.6 Å². The third kappa shape index (κ3) is 9.39. The van der Waals surface area contributed by atoms with Crippen molar-refractivity contribution in [2.24, 2.45) is 33.8 Å². The number of guanidine groups is 1. The highest BCUT2D eigenvalue weighted by Gasteiger charge is 2.39. The van der Waals surface area contributed by atoms with Crippen molar-refractivity contribution in [2.45, 2.75) is 76.5 Å². The first-order valence-electron chi connectivity index (χ1n) is 11.6. The van der Waals surface area contributed by atoms with Crippen LogP contribution in [0, 0.1) is 5.92 Å². The van der Waals surface area contributed by atoms with Crippen LogP contribution < -0.4 is 33.6 Å². The number of amides is 4. The number of carbonyl (C=O) groups excluding carboxylic acids is 4. The highest BCUT2D eigenvalue weighted by molar-refractivity contribution is 5.95. The number of carboxylic acid groups (broad SMARTS) is 1. The van der Waals surface area contributed by atoms with Gasteiger partial charge in [-0.15, -0.1) is 0 Å². The molecule has 35 heavy (non-hydrogen) atoms. The molecule has 0 spiro atoms. The number of hydrogen-bond acceptors (Lipinski definition) is 7. The van der Waals surface area contributed by atoms with Crippen LogP contribution in [-0.4, -0.2) is 82.8 Å². The van der Waals surface area contributed by atoms with Gasteiger partial charge in [-0.2, -0.15) is 0 Å². The topological polar surface area (TPSA) is 249 Å². The lowest BCUT2D eigenvalue weighted by Crippen LogP contribution is -2.58. The number of aliphatic imine (C=N–C) groups is 1. The van der Waals surface area contributed by atoms with E-state index in [1.807, 2.05) is 6.92 Å². The minimum absolute atomic E-state index is 0.0850. The van der Waals surface area contributed by atoms with Gasteiger partial charge in [-0.05, 0) is 31.6 Å². The summed E-state index contributed by atoms with van der Waals surface area (Å²) in [6.07, 6.45) is 1.49. The van der Waals surface area contributed by atoms with Gasteiger partial charge in [0.15, 0.2) is 5.96 Å². The fraction of sp³-hybridized carbons (Fsp3) is 0.714. The smallest absolute Gasteiger partial charge is 0.326 e. The molecule has 14 heteroatoms. The molecule has 1 aliphatic rings. The van der Waals surface area contributed by atoms with E-state index >= 15 is 0 Å². The molecule has 1 saturated heterocycles. The van der Waals surface area contributed by atoms with E-state index in [0.717, 1.165) is 0 Å². The second-order valence-electron chi connectivity index (χ2n) is 8.69. The van der Waals surface area contributed by atoms with Crippen molar-refractivity contribution < 1.29 is 29.1 Å². The van der Waals surface area contributed by atoms with Crippen LogP contribution in [0.25, 0.3) is 0 Å². The van der Waals surface area contributed by atoms with Crippen LogP contribution in [0.3, 0.4) is 0 Å². The van der Waals surface area contributed by atoms with Crippen LogP contribution >= 0.6 is 0 Å². The normalized spacial score (nSPS) is 18.6. The number of aliphatic carboxylic acids is 1. The van der Waals surface area contributed by atoms with Gasteiger partial charge in [0, 0.05) is 13.1 Å². The second-order valence-corrected chi connectivity index (χ2v) is 8.69. The van der Waals surface area contributed by atoms with Crippen molar-refractivity contribution in [3.8, 4) is 0 Å². The summed E-state index contributed by atoms with van der Waals surface area (Å²) in [5.74, 6) is -4.17. The standard InChI is InChI=1S/C21H38N8O6/c1-3-11(2)16(18(32)27-13(20(34)35)6-4-8-26-21(24)25)28-17(31)14-7-5-9-29(14)19(33)12(22)10-15(23)30/h11-14,16H,3-10,22H2,1-2H3,(H2,23,30)(H,27,32)(H,28,31)(H,34,35)(H4,24,25,26). The fourth-order valence-corrected chi connectivity index (χ4v) is 3.79. The van der Waals surface area contributed by atoms with Gasteiger partial charge in [0.05, 0.1) is 12.5 Å². The molecule has 0 bridgehead atoms. The first-order chi connectivity index (χ1) is 16.4. The number of nitrogens with zero attached hydrogens (tertiary/aromatic N) is 2. The van der Waals surface area contributed by atoms with Gasteiger partial charge in [0.1, 0.15) is 18.1 Å². The number of nitrogens with two attached hydrogens (primary N) is 4.